The van der Waals surface area contributed by atoms with Crippen LogP contribution in [0.15, 0.2) is 34.4 Å². The Morgan fingerprint density at radius 3 is 2.64 bits per heavy atom. The lowest BCUT2D eigenvalue weighted by atomic mass is 9.98. The zero-order valence-corrected chi connectivity index (χ0v) is 16.5. The van der Waals surface area contributed by atoms with Gasteiger partial charge in [-0.1, -0.05) is 11.6 Å². The van der Waals surface area contributed by atoms with E-state index in [0.29, 0.717) is 33.9 Å². The second-order valence-corrected chi connectivity index (χ2v) is 8.27. The Morgan fingerprint density at radius 2 is 1.96 bits per heavy atom. The van der Waals surface area contributed by atoms with Crippen LogP contribution in [0.1, 0.15) is 18.4 Å². The Morgan fingerprint density at radius 1 is 1.25 bits per heavy atom. The van der Waals surface area contributed by atoms with Crippen molar-refractivity contribution in [3.05, 3.63) is 50.6 Å². The van der Waals surface area contributed by atoms with Crippen LogP contribution < -0.4 is 10.5 Å². The molecule has 3 aromatic rings. The van der Waals surface area contributed by atoms with E-state index < -0.39 is 12.1 Å². The molecule has 0 bridgehead atoms. The Balaban J connectivity index is 1.91. The van der Waals surface area contributed by atoms with E-state index in [1.165, 1.54) is 15.9 Å². The van der Waals surface area contributed by atoms with Crippen molar-refractivity contribution < 1.29 is 13.2 Å². The van der Waals surface area contributed by atoms with Crippen LogP contribution in [0.5, 0.6) is 0 Å². The number of fused-ring (bicyclic) bond motifs is 1. The van der Waals surface area contributed by atoms with E-state index in [0.717, 1.165) is 5.56 Å². The summed E-state index contributed by atoms with van der Waals surface area (Å²) in [4.78, 5) is 19.4. The van der Waals surface area contributed by atoms with Gasteiger partial charge in [0.2, 0.25) is 5.95 Å². The highest BCUT2D eigenvalue weighted by molar-refractivity contribution is 7.17. The second-order valence-electron chi connectivity index (χ2n) is 6.95. The zero-order chi connectivity index (χ0) is 20.1. The molecule has 0 spiro atoms. The van der Waals surface area contributed by atoms with Crippen molar-refractivity contribution in [2.45, 2.75) is 25.9 Å². The first-order valence-corrected chi connectivity index (χ1v) is 10.1. The van der Waals surface area contributed by atoms with Crippen LogP contribution in [0, 0.1) is 12.8 Å². The van der Waals surface area contributed by atoms with E-state index in [1.54, 1.807) is 29.2 Å². The molecule has 0 aliphatic carbocycles. The number of nitrogens with zero attached hydrogens (tertiary/aromatic N) is 3. The summed E-state index contributed by atoms with van der Waals surface area (Å²) >= 11 is 7.25. The summed E-state index contributed by atoms with van der Waals surface area (Å²) in [7, 11) is 0. The molecule has 1 aliphatic rings. The molecule has 0 N–H and O–H groups in total. The molecule has 9 heteroatoms. The van der Waals surface area contributed by atoms with Gasteiger partial charge in [-0.3, -0.25) is 4.79 Å². The van der Waals surface area contributed by atoms with Crippen LogP contribution >= 0.6 is 22.9 Å². The number of halogens is 4. The van der Waals surface area contributed by atoms with Crippen molar-refractivity contribution in [1.82, 2.24) is 9.55 Å². The third-order valence-corrected chi connectivity index (χ3v) is 6.33. The van der Waals surface area contributed by atoms with Gasteiger partial charge < -0.3 is 4.90 Å². The van der Waals surface area contributed by atoms with Crippen molar-refractivity contribution in [2.24, 2.45) is 5.92 Å². The van der Waals surface area contributed by atoms with E-state index in [1.807, 2.05) is 12.3 Å². The van der Waals surface area contributed by atoms with Crippen LogP contribution in [0.25, 0.3) is 15.9 Å². The van der Waals surface area contributed by atoms with Gasteiger partial charge in [-0.05, 0) is 55.0 Å². The second kappa shape index (κ2) is 7.08. The van der Waals surface area contributed by atoms with E-state index in [4.69, 9.17) is 11.6 Å². The summed E-state index contributed by atoms with van der Waals surface area (Å²) < 4.78 is 41.8. The number of hydrogen-bond acceptors (Lipinski definition) is 4. The van der Waals surface area contributed by atoms with Crippen LogP contribution in [0.4, 0.5) is 19.1 Å². The summed E-state index contributed by atoms with van der Waals surface area (Å²) in [6, 6.07) is 6.64. The lowest BCUT2D eigenvalue weighted by Gasteiger charge is -2.35. The van der Waals surface area contributed by atoms with E-state index in [9.17, 15) is 18.0 Å². The summed E-state index contributed by atoms with van der Waals surface area (Å²) in [6.45, 7) is 2.05. The first kappa shape index (κ1) is 19.3. The highest BCUT2D eigenvalue weighted by Gasteiger charge is 2.42. The predicted octanol–water partition coefficient (Wildman–Crippen LogP) is 5.19. The lowest BCUT2D eigenvalue weighted by Crippen LogP contribution is -2.44. The van der Waals surface area contributed by atoms with Crippen LogP contribution in [0.3, 0.4) is 0 Å². The molecule has 1 aromatic carbocycles. The third kappa shape index (κ3) is 3.39. The standard InChI is InChI=1S/C19H17ClF3N3OS/c1-11-10-28-16-15(11)24-18(25-8-2-3-12(9-25)19(21,22)23)26(17(16)27)14-6-4-13(20)5-7-14/h4-7,10,12H,2-3,8-9H2,1H3. The summed E-state index contributed by atoms with van der Waals surface area (Å²) in [6.07, 6.45) is -3.79. The van der Waals surface area contributed by atoms with Crippen LogP contribution in [-0.4, -0.2) is 28.8 Å². The van der Waals surface area contributed by atoms with Crippen molar-refractivity contribution in [3.8, 4) is 5.69 Å². The summed E-state index contributed by atoms with van der Waals surface area (Å²) in [5, 5.41) is 2.35. The maximum absolute atomic E-state index is 13.3. The minimum atomic E-state index is -4.27. The number of thiophene rings is 1. The molecule has 4 rings (SSSR count). The van der Waals surface area contributed by atoms with Gasteiger partial charge in [0, 0.05) is 18.1 Å². The molecule has 0 amide bonds. The molecule has 3 heterocycles. The average Bonchev–Trinajstić information content (AvgIpc) is 3.03. The highest BCUT2D eigenvalue weighted by atomic mass is 35.5. The van der Waals surface area contributed by atoms with Crippen molar-refractivity contribution >= 4 is 39.1 Å². The fourth-order valence-electron chi connectivity index (χ4n) is 3.53. The predicted molar refractivity (Wildman–Crippen MR) is 106 cm³/mol. The Hall–Kier alpha value is -2.06. The minimum absolute atomic E-state index is 0.0882. The molecule has 1 saturated heterocycles. The summed E-state index contributed by atoms with van der Waals surface area (Å²) in [5.74, 6) is -1.19. The Kier molecular flexibility index (Phi) is 4.87. The number of hydrogen-bond donors (Lipinski definition) is 0. The van der Waals surface area contributed by atoms with Gasteiger partial charge in [-0.2, -0.15) is 13.2 Å². The molecule has 1 atom stereocenters. The molecule has 1 fully saturated rings. The van der Waals surface area contributed by atoms with E-state index in [2.05, 4.69) is 4.98 Å². The Labute approximate surface area is 168 Å². The Bertz CT molecular complexity index is 1070. The van der Waals surface area contributed by atoms with Crippen molar-refractivity contribution in [1.29, 1.82) is 0 Å². The van der Waals surface area contributed by atoms with Crippen molar-refractivity contribution in [3.63, 3.8) is 0 Å². The number of aryl methyl sites for hydroxylation is 1. The van der Waals surface area contributed by atoms with E-state index in [-0.39, 0.29) is 24.5 Å². The molecular formula is C19H17ClF3N3OS. The molecule has 28 heavy (non-hydrogen) atoms. The average molecular weight is 428 g/mol. The molecule has 0 radical (unpaired) electrons. The van der Waals surface area contributed by atoms with Gasteiger partial charge in [0.1, 0.15) is 4.70 Å². The molecule has 1 aliphatic heterocycles. The first-order chi connectivity index (χ1) is 13.3. The van der Waals surface area contributed by atoms with Gasteiger partial charge in [-0.25, -0.2) is 9.55 Å². The number of aromatic nitrogens is 2. The topological polar surface area (TPSA) is 38.1 Å². The lowest BCUT2D eigenvalue weighted by molar-refractivity contribution is -0.176. The number of anilines is 1. The normalized spacial score (nSPS) is 18.0. The third-order valence-electron chi connectivity index (χ3n) is 5.00. The smallest absolute Gasteiger partial charge is 0.341 e. The largest absolute Gasteiger partial charge is 0.393 e. The first-order valence-electron chi connectivity index (χ1n) is 8.84. The molecule has 4 nitrogen and oxygen atoms in total. The highest BCUT2D eigenvalue weighted by Crippen LogP contribution is 2.35. The van der Waals surface area contributed by atoms with Gasteiger partial charge >= 0.3 is 6.18 Å². The number of alkyl halides is 3. The van der Waals surface area contributed by atoms with Gasteiger partial charge in [0.25, 0.3) is 5.56 Å². The van der Waals surface area contributed by atoms with Gasteiger partial charge in [0.05, 0.1) is 17.1 Å². The molecular weight excluding hydrogens is 411 g/mol. The molecule has 1 unspecified atom stereocenters. The zero-order valence-electron chi connectivity index (χ0n) is 15.0. The van der Waals surface area contributed by atoms with Crippen molar-refractivity contribution in [2.75, 3.05) is 18.0 Å². The molecule has 0 saturated carbocycles. The minimum Gasteiger partial charge on any atom is -0.341 e. The quantitative estimate of drug-likeness (QED) is 0.565. The molecule has 148 valence electrons. The molecule has 2 aromatic heterocycles. The SMILES string of the molecule is Cc1csc2c(=O)n(-c3ccc(Cl)cc3)c(N3CCCC(C(F)(F)F)C3)nc12. The number of rotatable bonds is 2. The van der Waals surface area contributed by atoms with Gasteiger partial charge in [-0.15, -0.1) is 11.3 Å². The number of piperidine rings is 1. The van der Waals surface area contributed by atoms with Crippen LogP contribution in [0.2, 0.25) is 5.02 Å². The van der Waals surface area contributed by atoms with Gasteiger partial charge in [0.15, 0.2) is 0 Å². The van der Waals surface area contributed by atoms with E-state index >= 15 is 0 Å². The summed E-state index contributed by atoms with van der Waals surface area (Å²) in [5.41, 5.74) is 1.63. The monoisotopic (exact) mass is 427 g/mol. The fraction of sp³-hybridized carbons (Fsp3) is 0.368. The number of benzene rings is 1. The fourth-order valence-corrected chi connectivity index (χ4v) is 4.57. The van der Waals surface area contributed by atoms with Crippen LogP contribution in [-0.2, 0) is 0 Å². The maximum atomic E-state index is 13.3. The maximum Gasteiger partial charge on any atom is 0.393 e.